The van der Waals surface area contributed by atoms with Gasteiger partial charge in [-0.05, 0) is 80.0 Å². The van der Waals surface area contributed by atoms with E-state index in [2.05, 4.69) is 6.92 Å². The lowest BCUT2D eigenvalue weighted by Crippen LogP contribution is -2.47. The third-order valence-corrected chi connectivity index (χ3v) is 8.11. The van der Waals surface area contributed by atoms with Gasteiger partial charge < -0.3 is 0 Å². The van der Waals surface area contributed by atoms with Gasteiger partial charge in [-0.3, -0.25) is 0 Å². The summed E-state index contributed by atoms with van der Waals surface area (Å²) in [5.74, 6) is 5.74. The number of rotatable bonds is 1. The lowest BCUT2D eigenvalue weighted by atomic mass is 9.50. The molecule has 0 spiro atoms. The van der Waals surface area contributed by atoms with Crippen molar-refractivity contribution in [1.29, 1.82) is 0 Å². The highest BCUT2D eigenvalue weighted by Gasteiger charge is 2.54. The van der Waals surface area contributed by atoms with E-state index >= 15 is 0 Å². The molecule has 19 heavy (non-hydrogen) atoms. The lowest BCUT2D eigenvalue weighted by molar-refractivity contribution is -0.0573. The fraction of sp³-hybridized carbons (Fsp3) is 1.00. The fourth-order valence-electron chi connectivity index (χ4n) is 7.24. The van der Waals surface area contributed by atoms with E-state index in [1.165, 1.54) is 6.42 Å². The van der Waals surface area contributed by atoms with Crippen LogP contribution in [0.5, 0.6) is 0 Å². The van der Waals surface area contributed by atoms with Gasteiger partial charge in [0.1, 0.15) is 0 Å². The average molecular weight is 260 g/mol. The number of hydrogen-bond donors (Lipinski definition) is 0. The highest BCUT2D eigenvalue weighted by molar-refractivity contribution is 5.03. The van der Waals surface area contributed by atoms with Crippen molar-refractivity contribution in [1.82, 2.24) is 0 Å². The van der Waals surface area contributed by atoms with Crippen molar-refractivity contribution in [2.24, 2.45) is 35.0 Å². The molecule has 4 rings (SSSR count). The molecule has 1 unspecified atom stereocenters. The Kier molecular flexibility index (Phi) is 3.20. The van der Waals surface area contributed by atoms with Crippen LogP contribution in [0.3, 0.4) is 0 Å². The van der Waals surface area contributed by atoms with Crippen molar-refractivity contribution in [3.05, 3.63) is 0 Å². The van der Waals surface area contributed by atoms with E-state index in [-0.39, 0.29) is 0 Å². The minimum Gasteiger partial charge on any atom is -0.0648 e. The molecule has 0 heteroatoms. The largest absolute Gasteiger partial charge is 0.0648 e. The van der Waals surface area contributed by atoms with Gasteiger partial charge in [0.2, 0.25) is 0 Å². The van der Waals surface area contributed by atoms with Gasteiger partial charge in [-0.25, -0.2) is 0 Å². The van der Waals surface area contributed by atoms with E-state index in [1.54, 1.807) is 70.6 Å². The Bertz CT molecular complexity index is 333. The zero-order valence-electron chi connectivity index (χ0n) is 12.9. The molecule has 0 aliphatic heterocycles. The maximum Gasteiger partial charge on any atom is -0.0269 e. The van der Waals surface area contributed by atoms with Crippen molar-refractivity contribution in [2.75, 3.05) is 0 Å². The Morgan fingerprint density at radius 2 is 1.63 bits per heavy atom. The Balaban J connectivity index is 1.58. The van der Waals surface area contributed by atoms with Crippen LogP contribution in [0.1, 0.15) is 84.0 Å². The normalized spacial score (nSPS) is 53.2. The zero-order valence-corrected chi connectivity index (χ0v) is 12.9. The fourth-order valence-corrected chi connectivity index (χ4v) is 7.24. The standard InChI is InChI=1S/C19H32/c1-2-19-12-5-8-18(19)17-10-9-14-6-3-4-7-15(14)16(17)11-13-19/h14-18H,2-13H2,1H3/t14?,15-,16+,17+,18-,19-/m0/s1. The molecular weight excluding hydrogens is 228 g/mol. The summed E-state index contributed by atoms with van der Waals surface area (Å²) in [4.78, 5) is 0. The van der Waals surface area contributed by atoms with E-state index in [0.29, 0.717) is 0 Å². The molecule has 0 aromatic carbocycles. The molecule has 0 N–H and O–H groups in total. The van der Waals surface area contributed by atoms with Crippen LogP contribution in [0.2, 0.25) is 0 Å². The summed E-state index contributed by atoms with van der Waals surface area (Å²) in [6.45, 7) is 2.49. The topological polar surface area (TPSA) is 0 Å². The van der Waals surface area contributed by atoms with Crippen molar-refractivity contribution in [3.8, 4) is 0 Å². The van der Waals surface area contributed by atoms with Crippen LogP contribution in [0.4, 0.5) is 0 Å². The molecule has 4 fully saturated rings. The summed E-state index contributed by atoms with van der Waals surface area (Å²) in [7, 11) is 0. The Morgan fingerprint density at radius 1 is 0.737 bits per heavy atom. The van der Waals surface area contributed by atoms with Gasteiger partial charge in [0, 0.05) is 0 Å². The van der Waals surface area contributed by atoms with Gasteiger partial charge in [0.15, 0.2) is 0 Å². The summed E-state index contributed by atoms with van der Waals surface area (Å²) in [5.41, 5.74) is 0.808. The maximum absolute atomic E-state index is 2.49. The molecule has 4 aliphatic carbocycles. The first-order chi connectivity index (χ1) is 9.34. The molecule has 4 saturated carbocycles. The molecule has 0 saturated heterocycles. The van der Waals surface area contributed by atoms with Crippen molar-refractivity contribution in [2.45, 2.75) is 84.0 Å². The van der Waals surface area contributed by atoms with Gasteiger partial charge in [-0.15, -0.1) is 0 Å². The molecule has 0 nitrogen and oxygen atoms in total. The van der Waals surface area contributed by atoms with Crippen LogP contribution in [-0.4, -0.2) is 0 Å². The highest BCUT2D eigenvalue weighted by Crippen LogP contribution is 2.63. The van der Waals surface area contributed by atoms with Gasteiger partial charge in [0.05, 0.1) is 0 Å². The van der Waals surface area contributed by atoms with Crippen LogP contribution < -0.4 is 0 Å². The molecule has 0 aromatic rings. The van der Waals surface area contributed by atoms with E-state index in [1.807, 2.05) is 0 Å². The molecule has 0 radical (unpaired) electrons. The predicted molar refractivity (Wildman–Crippen MR) is 81.0 cm³/mol. The van der Waals surface area contributed by atoms with Crippen LogP contribution in [0.25, 0.3) is 0 Å². The zero-order chi connectivity index (χ0) is 12.9. The smallest absolute Gasteiger partial charge is 0.0269 e. The van der Waals surface area contributed by atoms with Crippen LogP contribution in [-0.2, 0) is 0 Å². The van der Waals surface area contributed by atoms with E-state index in [9.17, 15) is 0 Å². The SMILES string of the molecule is CC[C@@]12CCC[C@H]1[C@@H]1CCC3CCCC[C@@H]3[C@H]1CC2. The molecule has 108 valence electrons. The minimum absolute atomic E-state index is 0.808. The second kappa shape index (κ2) is 4.78. The third kappa shape index (κ3) is 1.84. The van der Waals surface area contributed by atoms with Crippen LogP contribution >= 0.6 is 0 Å². The summed E-state index contributed by atoms with van der Waals surface area (Å²) in [5, 5.41) is 0. The number of fused-ring (bicyclic) bond motifs is 5. The predicted octanol–water partition coefficient (Wildman–Crippen LogP) is 5.81. The minimum atomic E-state index is 0.808. The first-order valence-electron chi connectivity index (χ1n) is 9.34. The first-order valence-corrected chi connectivity index (χ1v) is 9.34. The summed E-state index contributed by atoms with van der Waals surface area (Å²) >= 11 is 0. The molecular formula is C19H32. The van der Waals surface area contributed by atoms with E-state index < -0.39 is 0 Å². The summed E-state index contributed by atoms with van der Waals surface area (Å²) < 4.78 is 0. The Labute approximate surface area is 119 Å². The van der Waals surface area contributed by atoms with E-state index in [0.717, 1.165) is 35.0 Å². The van der Waals surface area contributed by atoms with Crippen molar-refractivity contribution in [3.63, 3.8) is 0 Å². The molecule has 0 bridgehead atoms. The average Bonchev–Trinajstić information content (AvgIpc) is 2.91. The van der Waals surface area contributed by atoms with Crippen LogP contribution in [0.15, 0.2) is 0 Å². The van der Waals surface area contributed by atoms with Crippen LogP contribution in [0, 0.1) is 35.0 Å². The third-order valence-electron chi connectivity index (χ3n) is 8.11. The van der Waals surface area contributed by atoms with Gasteiger partial charge in [-0.1, -0.05) is 39.0 Å². The van der Waals surface area contributed by atoms with Crippen molar-refractivity contribution < 1.29 is 0 Å². The molecule has 0 amide bonds. The van der Waals surface area contributed by atoms with Crippen molar-refractivity contribution >= 4 is 0 Å². The van der Waals surface area contributed by atoms with Gasteiger partial charge >= 0.3 is 0 Å². The molecule has 6 atom stereocenters. The Morgan fingerprint density at radius 3 is 2.53 bits per heavy atom. The highest BCUT2D eigenvalue weighted by atomic mass is 14.6. The monoisotopic (exact) mass is 260 g/mol. The summed E-state index contributed by atoms with van der Waals surface area (Å²) in [6, 6.07) is 0. The maximum atomic E-state index is 2.49. The number of hydrogen-bond acceptors (Lipinski definition) is 0. The van der Waals surface area contributed by atoms with Gasteiger partial charge in [0.25, 0.3) is 0 Å². The first kappa shape index (κ1) is 12.7. The lowest BCUT2D eigenvalue weighted by Gasteiger charge is -2.55. The quantitative estimate of drug-likeness (QED) is 0.558. The molecule has 4 aliphatic rings. The van der Waals surface area contributed by atoms with E-state index in [4.69, 9.17) is 0 Å². The summed E-state index contributed by atoms with van der Waals surface area (Å²) in [6.07, 6.45) is 18.9. The second-order valence-electron chi connectivity index (χ2n) is 8.37. The Hall–Kier alpha value is 0. The molecule has 0 heterocycles. The molecule has 0 aromatic heterocycles. The second-order valence-corrected chi connectivity index (χ2v) is 8.37. The van der Waals surface area contributed by atoms with Gasteiger partial charge in [-0.2, -0.15) is 0 Å².